The Bertz CT molecular complexity index is 627. The van der Waals surface area contributed by atoms with Gasteiger partial charge in [0.2, 0.25) is 0 Å². The van der Waals surface area contributed by atoms with Crippen LogP contribution in [-0.2, 0) is 6.54 Å². The molecule has 0 amide bonds. The standard InChI is InChI=1S/C10H10N2O3S/c1-3-12-4-11-8-6(9(12)13)5(2)7(16-8)10(14)15/h4H,3H2,1-2H3,(H,14,15)/p-1. The van der Waals surface area contributed by atoms with Gasteiger partial charge in [-0.3, -0.25) is 9.36 Å². The lowest BCUT2D eigenvalue weighted by molar-refractivity contribution is -0.254. The van der Waals surface area contributed by atoms with Gasteiger partial charge in [0.25, 0.3) is 5.56 Å². The first kappa shape index (κ1) is 10.8. The van der Waals surface area contributed by atoms with Gasteiger partial charge < -0.3 is 9.90 Å². The molecule has 0 saturated heterocycles. The highest BCUT2D eigenvalue weighted by atomic mass is 32.1. The van der Waals surface area contributed by atoms with Crippen LogP contribution < -0.4 is 10.7 Å². The Morgan fingerprint density at radius 1 is 1.62 bits per heavy atom. The molecule has 6 heteroatoms. The van der Waals surface area contributed by atoms with Gasteiger partial charge >= 0.3 is 0 Å². The number of carboxylic acid groups (broad SMARTS) is 1. The SMILES string of the molecule is CCn1cnc2sc(C(=O)[O-])c(C)c2c1=O. The van der Waals surface area contributed by atoms with Gasteiger partial charge in [-0.25, -0.2) is 4.98 Å². The number of hydrogen-bond donors (Lipinski definition) is 0. The normalized spacial score (nSPS) is 10.9. The Labute approximate surface area is 95.0 Å². The van der Waals surface area contributed by atoms with Crippen molar-refractivity contribution in [1.29, 1.82) is 0 Å². The molecule has 0 aromatic carbocycles. The van der Waals surface area contributed by atoms with Crippen LogP contribution in [0.3, 0.4) is 0 Å². The third-order valence-electron chi connectivity index (χ3n) is 2.44. The van der Waals surface area contributed by atoms with E-state index in [9.17, 15) is 14.7 Å². The highest BCUT2D eigenvalue weighted by Gasteiger charge is 2.14. The van der Waals surface area contributed by atoms with E-state index >= 15 is 0 Å². The largest absolute Gasteiger partial charge is 0.544 e. The number of carboxylic acids is 1. The highest BCUT2D eigenvalue weighted by Crippen LogP contribution is 2.25. The van der Waals surface area contributed by atoms with Crippen molar-refractivity contribution >= 4 is 27.5 Å². The molecule has 16 heavy (non-hydrogen) atoms. The lowest BCUT2D eigenvalue weighted by Gasteiger charge is -2.00. The fourth-order valence-corrected chi connectivity index (χ4v) is 2.55. The molecule has 2 heterocycles. The summed E-state index contributed by atoms with van der Waals surface area (Å²) in [6.07, 6.45) is 1.43. The molecule has 0 aliphatic carbocycles. The van der Waals surface area contributed by atoms with Crippen molar-refractivity contribution in [3.05, 3.63) is 27.1 Å². The lowest BCUT2D eigenvalue weighted by atomic mass is 10.2. The number of carbonyl (C=O) groups is 1. The van der Waals surface area contributed by atoms with Crippen LogP contribution in [0.2, 0.25) is 0 Å². The lowest BCUT2D eigenvalue weighted by Crippen LogP contribution is -2.22. The minimum absolute atomic E-state index is 0.0773. The summed E-state index contributed by atoms with van der Waals surface area (Å²) >= 11 is 0.979. The third-order valence-corrected chi connectivity index (χ3v) is 3.62. The molecular weight excluding hydrogens is 228 g/mol. The average Bonchev–Trinajstić information content (AvgIpc) is 2.57. The molecule has 0 aliphatic heterocycles. The minimum Gasteiger partial charge on any atom is -0.544 e. The maximum Gasteiger partial charge on any atom is 0.262 e. The Morgan fingerprint density at radius 2 is 2.31 bits per heavy atom. The van der Waals surface area contributed by atoms with Crippen molar-refractivity contribution in [3.63, 3.8) is 0 Å². The van der Waals surface area contributed by atoms with Gasteiger partial charge in [0.1, 0.15) is 4.83 Å². The number of hydrogen-bond acceptors (Lipinski definition) is 5. The summed E-state index contributed by atoms with van der Waals surface area (Å²) < 4.78 is 1.45. The number of nitrogens with zero attached hydrogens (tertiary/aromatic N) is 2. The zero-order valence-corrected chi connectivity index (χ0v) is 9.63. The van der Waals surface area contributed by atoms with E-state index in [2.05, 4.69) is 4.98 Å². The summed E-state index contributed by atoms with van der Waals surface area (Å²) in [5, 5.41) is 11.2. The summed E-state index contributed by atoms with van der Waals surface area (Å²) in [5.74, 6) is -1.26. The Kier molecular flexibility index (Phi) is 2.51. The van der Waals surface area contributed by atoms with E-state index in [-0.39, 0.29) is 10.4 Å². The molecule has 0 atom stereocenters. The first-order valence-corrected chi connectivity index (χ1v) is 5.57. The summed E-state index contributed by atoms with van der Waals surface area (Å²) in [7, 11) is 0. The second-order valence-corrected chi connectivity index (χ2v) is 4.36. The van der Waals surface area contributed by atoms with Crippen LogP contribution in [-0.4, -0.2) is 15.5 Å². The van der Waals surface area contributed by atoms with E-state index in [1.165, 1.54) is 10.9 Å². The predicted molar refractivity (Wildman–Crippen MR) is 58.6 cm³/mol. The second-order valence-electron chi connectivity index (χ2n) is 3.36. The Balaban J connectivity index is 2.89. The maximum absolute atomic E-state index is 11.9. The molecule has 84 valence electrons. The number of aryl methyl sites for hydroxylation is 2. The minimum atomic E-state index is -1.26. The quantitative estimate of drug-likeness (QED) is 0.745. The van der Waals surface area contributed by atoms with Crippen LogP contribution in [0, 0.1) is 6.92 Å². The first-order chi connectivity index (χ1) is 7.56. The van der Waals surface area contributed by atoms with Crippen molar-refractivity contribution in [3.8, 4) is 0 Å². The smallest absolute Gasteiger partial charge is 0.262 e. The highest BCUT2D eigenvalue weighted by molar-refractivity contribution is 7.20. The maximum atomic E-state index is 11.9. The van der Waals surface area contributed by atoms with Gasteiger partial charge in [-0.2, -0.15) is 0 Å². The Hall–Kier alpha value is -1.69. The molecule has 0 spiro atoms. The van der Waals surface area contributed by atoms with Crippen LogP contribution in [0.1, 0.15) is 22.2 Å². The number of thiophene rings is 1. The van der Waals surface area contributed by atoms with Crippen LogP contribution in [0.4, 0.5) is 0 Å². The van der Waals surface area contributed by atoms with Crippen molar-refractivity contribution in [2.24, 2.45) is 0 Å². The monoisotopic (exact) mass is 237 g/mol. The van der Waals surface area contributed by atoms with Crippen molar-refractivity contribution in [2.45, 2.75) is 20.4 Å². The van der Waals surface area contributed by atoms with E-state index in [1.54, 1.807) is 6.92 Å². The zero-order valence-electron chi connectivity index (χ0n) is 8.81. The average molecular weight is 237 g/mol. The summed E-state index contributed by atoms with van der Waals surface area (Å²) in [6.45, 7) is 3.95. The number of carbonyl (C=O) groups excluding carboxylic acids is 1. The third kappa shape index (κ3) is 1.42. The summed E-state index contributed by atoms with van der Waals surface area (Å²) in [6, 6.07) is 0. The fourth-order valence-electron chi connectivity index (χ4n) is 1.58. The van der Waals surface area contributed by atoms with Gasteiger partial charge in [-0.1, -0.05) is 0 Å². The molecule has 2 rings (SSSR count). The predicted octanol–water partition coefficient (Wildman–Crippen LogP) is 0.150. The fraction of sp³-hybridized carbons (Fsp3) is 0.300. The summed E-state index contributed by atoms with van der Waals surface area (Å²) in [4.78, 5) is 27.3. The molecule has 2 aromatic rings. The van der Waals surface area contributed by atoms with E-state index in [0.29, 0.717) is 22.3 Å². The van der Waals surface area contributed by atoms with Gasteiger partial charge in [0.05, 0.1) is 22.6 Å². The van der Waals surface area contributed by atoms with Gasteiger partial charge in [-0.05, 0) is 19.4 Å². The van der Waals surface area contributed by atoms with E-state index < -0.39 is 5.97 Å². The number of aromatic nitrogens is 2. The van der Waals surface area contributed by atoms with Crippen LogP contribution in [0.25, 0.3) is 10.2 Å². The van der Waals surface area contributed by atoms with E-state index in [0.717, 1.165) is 11.3 Å². The van der Waals surface area contributed by atoms with Crippen molar-refractivity contribution < 1.29 is 9.90 Å². The van der Waals surface area contributed by atoms with Gasteiger partial charge in [0.15, 0.2) is 0 Å². The number of aromatic carboxylic acids is 1. The molecule has 5 nitrogen and oxygen atoms in total. The summed E-state index contributed by atoms with van der Waals surface area (Å²) in [5.41, 5.74) is 0.244. The van der Waals surface area contributed by atoms with Gasteiger partial charge in [0, 0.05) is 6.54 Å². The molecule has 0 N–H and O–H groups in total. The van der Waals surface area contributed by atoms with Crippen LogP contribution >= 0.6 is 11.3 Å². The molecule has 2 aromatic heterocycles. The molecule has 0 saturated carbocycles. The molecule has 0 aliphatic rings. The number of rotatable bonds is 2. The molecule has 0 unspecified atom stereocenters. The molecular formula is C10H9N2O3S-. The van der Waals surface area contributed by atoms with Crippen molar-refractivity contribution in [2.75, 3.05) is 0 Å². The van der Waals surface area contributed by atoms with Crippen LogP contribution in [0.15, 0.2) is 11.1 Å². The molecule has 0 radical (unpaired) electrons. The first-order valence-electron chi connectivity index (χ1n) is 4.76. The topological polar surface area (TPSA) is 75.0 Å². The number of fused-ring (bicyclic) bond motifs is 1. The van der Waals surface area contributed by atoms with Crippen molar-refractivity contribution in [1.82, 2.24) is 9.55 Å². The van der Waals surface area contributed by atoms with Gasteiger partial charge in [-0.15, -0.1) is 11.3 Å². The molecule has 0 fully saturated rings. The van der Waals surface area contributed by atoms with E-state index in [4.69, 9.17) is 0 Å². The van der Waals surface area contributed by atoms with Crippen LogP contribution in [0.5, 0.6) is 0 Å². The zero-order chi connectivity index (χ0) is 11.9. The molecule has 0 bridgehead atoms. The van der Waals surface area contributed by atoms with E-state index in [1.807, 2.05) is 6.92 Å². The second kappa shape index (κ2) is 3.71. The Morgan fingerprint density at radius 3 is 2.88 bits per heavy atom.